The van der Waals surface area contributed by atoms with Gasteiger partial charge in [0.25, 0.3) is 0 Å². The standard InChI is InChI=1S/C22H22ClN3O4S2/c1-3-4-7-24-32(28,29)15-5-6-18-19(10-15)26-22(25-18)31-12-14-9-21(27)30-20-8-13(2)17(23)11-16(14)20/h5-6,8-11,24H,3-4,7,12H2,1-2H3,(H,25,26). The third-order valence-corrected chi connectivity index (χ3v) is 7.83. The Bertz CT molecular complexity index is 1460. The van der Waals surface area contributed by atoms with E-state index in [0.717, 1.165) is 29.4 Å². The summed E-state index contributed by atoms with van der Waals surface area (Å²) >= 11 is 7.67. The molecule has 32 heavy (non-hydrogen) atoms. The van der Waals surface area contributed by atoms with Crippen LogP contribution in [0.2, 0.25) is 5.02 Å². The second-order valence-corrected chi connectivity index (χ2v) is 10.6. The van der Waals surface area contributed by atoms with Crippen LogP contribution in [0.15, 0.2) is 55.7 Å². The zero-order valence-electron chi connectivity index (χ0n) is 17.6. The van der Waals surface area contributed by atoms with Crippen LogP contribution in [-0.4, -0.2) is 24.9 Å². The van der Waals surface area contributed by atoms with Crippen molar-refractivity contribution in [2.45, 2.75) is 42.5 Å². The number of sulfonamides is 1. The first kappa shape index (κ1) is 22.8. The molecule has 0 amide bonds. The molecule has 0 aliphatic rings. The fourth-order valence-electron chi connectivity index (χ4n) is 3.28. The van der Waals surface area contributed by atoms with E-state index in [0.29, 0.717) is 39.1 Å². The number of aromatic amines is 1. The van der Waals surface area contributed by atoms with Gasteiger partial charge in [-0.3, -0.25) is 0 Å². The number of benzene rings is 2. The van der Waals surface area contributed by atoms with Crippen molar-refractivity contribution in [3.63, 3.8) is 0 Å². The molecule has 0 saturated carbocycles. The summed E-state index contributed by atoms with van der Waals surface area (Å²) in [6, 6.07) is 9.81. The first-order valence-electron chi connectivity index (χ1n) is 10.1. The van der Waals surface area contributed by atoms with Crippen LogP contribution < -0.4 is 10.3 Å². The average Bonchev–Trinajstić information content (AvgIpc) is 3.15. The largest absolute Gasteiger partial charge is 0.423 e. The van der Waals surface area contributed by atoms with Gasteiger partial charge in [0, 0.05) is 28.8 Å². The number of H-pyrrole nitrogens is 1. The number of thioether (sulfide) groups is 1. The molecular weight excluding hydrogens is 470 g/mol. The van der Waals surface area contributed by atoms with Crippen molar-refractivity contribution in [2.24, 2.45) is 0 Å². The predicted molar refractivity (Wildman–Crippen MR) is 128 cm³/mol. The van der Waals surface area contributed by atoms with Crippen LogP contribution in [0.1, 0.15) is 30.9 Å². The van der Waals surface area contributed by atoms with Crippen molar-refractivity contribution in [1.29, 1.82) is 0 Å². The lowest BCUT2D eigenvalue weighted by atomic mass is 10.1. The molecule has 2 aromatic carbocycles. The molecule has 10 heteroatoms. The van der Waals surface area contributed by atoms with E-state index in [4.69, 9.17) is 16.0 Å². The maximum absolute atomic E-state index is 12.5. The Balaban J connectivity index is 1.58. The molecule has 2 aromatic heterocycles. The molecule has 2 N–H and O–H groups in total. The molecule has 168 valence electrons. The molecule has 0 atom stereocenters. The van der Waals surface area contributed by atoms with Crippen molar-refractivity contribution in [3.8, 4) is 0 Å². The average molecular weight is 492 g/mol. The minimum Gasteiger partial charge on any atom is -0.423 e. The molecule has 0 aliphatic heterocycles. The highest BCUT2D eigenvalue weighted by molar-refractivity contribution is 7.98. The Morgan fingerprint density at radius 1 is 1.22 bits per heavy atom. The van der Waals surface area contributed by atoms with Crippen molar-refractivity contribution < 1.29 is 12.8 Å². The lowest BCUT2D eigenvalue weighted by Gasteiger charge is -2.06. The van der Waals surface area contributed by atoms with Gasteiger partial charge in [0.1, 0.15) is 5.58 Å². The van der Waals surface area contributed by atoms with Crippen LogP contribution in [0.5, 0.6) is 0 Å². The number of rotatable bonds is 8. The van der Waals surface area contributed by atoms with Gasteiger partial charge in [-0.05, 0) is 54.8 Å². The summed E-state index contributed by atoms with van der Waals surface area (Å²) in [6.07, 6.45) is 1.69. The van der Waals surface area contributed by atoms with E-state index < -0.39 is 15.6 Å². The van der Waals surface area contributed by atoms with Crippen molar-refractivity contribution in [3.05, 3.63) is 63.0 Å². The second-order valence-electron chi connectivity index (χ2n) is 7.45. The number of unbranched alkanes of at least 4 members (excludes halogenated alkanes) is 1. The van der Waals surface area contributed by atoms with Gasteiger partial charge in [-0.1, -0.05) is 36.7 Å². The number of nitrogens with one attached hydrogen (secondary N) is 2. The van der Waals surface area contributed by atoms with Crippen LogP contribution in [0.3, 0.4) is 0 Å². The molecule has 7 nitrogen and oxygen atoms in total. The van der Waals surface area contributed by atoms with Crippen molar-refractivity contribution >= 4 is 55.4 Å². The molecule has 4 rings (SSSR count). The summed E-state index contributed by atoms with van der Waals surface area (Å²) in [7, 11) is -3.57. The normalized spacial score (nSPS) is 12.1. The molecule has 0 spiro atoms. The molecular formula is C22H22ClN3O4S2. The highest BCUT2D eigenvalue weighted by atomic mass is 35.5. The van der Waals surface area contributed by atoms with Crippen LogP contribution in [0, 0.1) is 6.92 Å². The number of aryl methyl sites for hydroxylation is 1. The van der Waals surface area contributed by atoms with Gasteiger partial charge in [-0.25, -0.2) is 22.9 Å². The Morgan fingerprint density at radius 3 is 2.81 bits per heavy atom. The maximum Gasteiger partial charge on any atom is 0.336 e. The lowest BCUT2D eigenvalue weighted by Crippen LogP contribution is -2.24. The Morgan fingerprint density at radius 2 is 2.03 bits per heavy atom. The summed E-state index contributed by atoms with van der Waals surface area (Å²) < 4.78 is 32.9. The molecule has 0 unspecified atom stereocenters. The summed E-state index contributed by atoms with van der Waals surface area (Å²) in [6.45, 7) is 4.26. The van der Waals surface area contributed by atoms with Gasteiger partial charge >= 0.3 is 5.63 Å². The third-order valence-electron chi connectivity index (χ3n) is 5.04. The van der Waals surface area contributed by atoms with E-state index >= 15 is 0 Å². The molecule has 0 radical (unpaired) electrons. The van der Waals surface area contributed by atoms with Crippen LogP contribution >= 0.6 is 23.4 Å². The second kappa shape index (κ2) is 9.27. The molecule has 2 heterocycles. The summed E-state index contributed by atoms with van der Waals surface area (Å²) in [5, 5.41) is 1.99. The molecule has 0 saturated heterocycles. The first-order valence-corrected chi connectivity index (χ1v) is 13.0. The number of nitrogens with zero attached hydrogens (tertiary/aromatic N) is 1. The summed E-state index contributed by atoms with van der Waals surface area (Å²) in [5.74, 6) is 0.463. The van der Waals surface area contributed by atoms with Crippen molar-refractivity contribution in [1.82, 2.24) is 14.7 Å². The number of hydrogen-bond donors (Lipinski definition) is 2. The van der Waals surface area contributed by atoms with E-state index in [1.165, 1.54) is 17.8 Å². The van der Waals surface area contributed by atoms with Crippen LogP contribution in [-0.2, 0) is 15.8 Å². The highest BCUT2D eigenvalue weighted by Crippen LogP contribution is 2.30. The lowest BCUT2D eigenvalue weighted by molar-refractivity contribution is 0.559. The highest BCUT2D eigenvalue weighted by Gasteiger charge is 2.16. The quantitative estimate of drug-likeness (QED) is 0.204. The number of imidazole rings is 1. The van der Waals surface area contributed by atoms with E-state index in [1.807, 2.05) is 13.8 Å². The summed E-state index contributed by atoms with van der Waals surface area (Å²) in [5.41, 5.74) is 2.97. The Hall–Kier alpha value is -2.33. The number of fused-ring (bicyclic) bond motifs is 2. The molecule has 0 fully saturated rings. The van der Waals surface area contributed by atoms with Gasteiger partial charge in [-0.2, -0.15) is 0 Å². The Labute approximate surface area is 194 Å². The van der Waals surface area contributed by atoms with Gasteiger partial charge in [0.2, 0.25) is 10.0 Å². The molecule has 0 bridgehead atoms. The third kappa shape index (κ3) is 4.85. The van der Waals surface area contributed by atoms with Crippen LogP contribution in [0.25, 0.3) is 22.0 Å². The fourth-order valence-corrected chi connectivity index (χ4v) is 5.42. The van der Waals surface area contributed by atoms with Gasteiger partial charge < -0.3 is 9.40 Å². The van der Waals surface area contributed by atoms with E-state index in [1.54, 1.807) is 30.3 Å². The number of aromatic nitrogens is 2. The zero-order valence-corrected chi connectivity index (χ0v) is 20.0. The Kier molecular flexibility index (Phi) is 6.62. The SMILES string of the molecule is CCCCNS(=O)(=O)c1ccc2nc(SCc3cc(=O)oc4cc(C)c(Cl)cc34)[nH]c2c1. The zero-order chi connectivity index (χ0) is 22.9. The smallest absolute Gasteiger partial charge is 0.336 e. The number of hydrogen-bond acceptors (Lipinski definition) is 6. The minimum absolute atomic E-state index is 0.193. The van der Waals surface area contributed by atoms with Crippen LogP contribution in [0.4, 0.5) is 0 Å². The van der Waals surface area contributed by atoms with E-state index in [9.17, 15) is 13.2 Å². The van der Waals surface area contributed by atoms with E-state index in [-0.39, 0.29) is 4.90 Å². The van der Waals surface area contributed by atoms with Gasteiger partial charge in [-0.15, -0.1) is 0 Å². The van der Waals surface area contributed by atoms with Gasteiger partial charge in [0.15, 0.2) is 5.16 Å². The maximum atomic E-state index is 12.5. The first-order chi connectivity index (χ1) is 15.3. The van der Waals surface area contributed by atoms with E-state index in [2.05, 4.69) is 14.7 Å². The minimum atomic E-state index is -3.57. The summed E-state index contributed by atoms with van der Waals surface area (Å²) in [4.78, 5) is 19.9. The molecule has 0 aliphatic carbocycles. The fraction of sp³-hybridized carbons (Fsp3) is 0.273. The predicted octanol–water partition coefficient (Wildman–Crippen LogP) is 5.00. The monoisotopic (exact) mass is 491 g/mol. The molecule has 4 aromatic rings. The van der Waals surface area contributed by atoms with Gasteiger partial charge in [0.05, 0.1) is 15.9 Å². The van der Waals surface area contributed by atoms with Crippen molar-refractivity contribution in [2.75, 3.05) is 6.54 Å². The topological polar surface area (TPSA) is 105 Å². The number of halogens is 1.